The molecule has 0 amide bonds. The zero-order valence-electron chi connectivity index (χ0n) is 7.78. The normalized spacial score (nSPS) is 13.0. The van der Waals surface area contributed by atoms with Gasteiger partial charge in [0.15, 0.2) is 0 Å². The van der Waals surface area contributed by atoms with Gasteiger partial charge in [-0.2, -0.15) is 26.3 Å². The lowest BCUT2D eigenvalue weighted by atomic mass is 10.1. The van der Waals surface area contributed by atoms with E-state index in [9.17, 15) is 26.3 Å². The molecular weight excluding hydrogens is 624 g/mol. The lowest BCUT2D eigenvalue weighted by Gasteiger charge is -2.19. The second-order valence-electron chi connectivity index (χ2n) is 3.00. The van der Waals surface area contributed by atoms with Crippen LogP contribution in [0.3, 0.4) is 0 Å². The van der Waals surface area contributed by atoms with Crippen LogP contribution in [0.4, 0.5) is 26.3 Å². The predicted octanol–water partition coefficient (Wildman–Crippen LogP) is 6.46. The Morgan fingerprint density at radius 3 is 1.06 bits per heavy atom. The van der Waals surface area contributed by atoms with E-state index in [-0.39, 0.29) is 0 Å². The fourth-order valence-electron chi connectivity index (χ4n) is 1.13. The molecule has 0 atom stereocenters. The molecule has 0 bridgehead atoms. The van der Waals surface area contributed by atoms with Crippen molar-refractivity contribution in [2.75, 3.05) is 0 Å². The van der Waals surface area contributed by atoms with Crippen molar-refractivity contribution in [2.45, 2.75) is 12.4 Å². The third-order valence-corrected chi connectivity index (χ3v) is 7.06. The van der Waals surface area contributed by atoms with Crippen LogP contribution in [0, 0.1) is 7.14 Å². The summed E-state index contributed by atoms with van der Waals surface area (Å²) in [6.07, 6.45) is -9.47. The quantitative estimate of drug-likeness (QED) is 0.177. The van der Waals surface area contributed by atoms with E-state index in [0.29, 0.717) is 0 Å². The van der Waals surface area contributed by atoms with Crippen molar-refractivity contribution in [2.24, 2.45) is 0 Å². The smallest absolute Gasteiger partial charge is 0.166 e. The first-order chi connectivity index (χ1) is 7.89. The first kappa shape index (κ1) is 17.3. The molecular formula is C8Br2F6I2. The van der Waals surface area contributed by atoms with Gasteiger partial charge < -0.3 is 0 Å². The van der Waals surface area contributed by atoms with Gasteiger partial charge in [-0.25, -0.2) is 0 Å². The van der Waals surface area contributed by atoms with Crippen molar-refractivity contribution in [3.63, 3.8) is 0 Å². The molecule has 0 radical (unpaired) electrons. The third kappa shape index (κ3) is 3.27. The number of halogens is 10. The molecule has 18 heavy (non-hydrogen) atoms. The fraction of sp³-hybridized carbons (Fsp3) is 0.250. The lowest BCUT2D eigenvalue weighted by Crippen LogP contribution is -2.16. The zero-order chi connectivity index (χ0) is 14.5. The van der Waals surface area contributed by atoms with Crippen molar-refractivity contribution >= 4 is 77.0 Å². The zero-order valence-corrected chi connectivity index (χ0v) is 15.3. The SMILES string of the molecule is FC(F)(F)c1c(Br)c(I)c(C(F)(F)F)c(Br)c1I. The summed E-state index contributed by atoms with van der Waals surface area (Å²) in [5.41, 5.74) is -2.24. The summed E-state index contributed by atoms with van der Waals surface area (Å²) < 4.78 is 74.3. The molecule has 0 nitrogen and oxygen atoms in total. The molecule has 0 N–H and O–H groups in total. The maximum absolute atomic E-state index is 12.8. The number of hydrogen-bond donors (Lipinski definition) is 0. The Hall–Kier alpha value is 1.22. The molecule has 0 spiro atoms. The first-order valence-corrected chi connectivity index (χ1v) is 7.63. The minimum atomic E-state index is -4.73. The van der Waals surface area contributed by atoms with Crippen LogP contribution >= 0.6 is 77.0 Å². The van der Waals surface area contributed by atoms with Crippen molar-refractivity contribution in [3.8, 4) is 0 Å². The van der Waals surface area contributed by atoms with Gasteiger partial charge in [0.2, 0.25) is 0 Å². The Morgan fingerprint density at radius 1 is 0.667 bits per heavy atom. The Balaban J connectivity index is 3.79. The van der Waals surface area contributed by atoms with E-state index in [1.807, 2.05) is 0 Å². The van der Waals surface area contributed by atoms with Gasteiger partial charge in [0.25, 0.3) is 0 Å². The molecule has 0 unspecified atom stereocenters. The fourth-order valence-corrected chi connectivity index (χ4v) is 4.80. The van der Waals surface area contributed by atoms with Crippen molar-refractivity contribution in [3.05, 3.63) is 27.2 Å². The average molecular weight is 624 g/mol. The van der Waals surface area contributed by atoms with E-state index < -0.39 is 39.6 Å². The molecule has 0 aliphatic heterocycles. The molecule has 102 valence electrons. The van der Waals surface area contributed by atoms with Crippen LogP contribution in [0.1, 0.15) is 11.1 Å². The molecule has 0 saturated carbocycles. The van der Waals surface area contributed by atoms with E-state index in [1.54, 1.807) is 0 Å². The van der Waals surface area contributed by atoms with Crippen LogP contribution in [-0.4, -0.2) is 0 Å². The summed E-state index contributed by atoms with van der Waals surface area (Å²) in [4.78, 5) is 0. The Kier molecular flexibility index (Phi) is 5.32. The molecule has 0 aliphatic rings. The first-order valence-electron chi connectivity index (χ1n) is 3.89. The van der Waals surface area contributed by atoms with Gasteiger partial charge in [-0.05, 0) is 77.0 Å². The maximum atomic E-state index is 12.8. The lowest BCUT2D eigenvalue weighted by molar-refractivity contribution is -0.143. The molecule has 1 rings (SSSR count). The van der Waals surface area contributed by atoms with E-state index in [0.717, 1.165) is 0 Å². The predicted molar refractivity (Wildman–Crippen MR) is 77.3 cm³/mol. The van der Waals surface area contributed by atoms with E-state index in [4.69, 9.17) is 0 Å². The average Bonchev–Trinajstić information content (AvgIpc) is 2.10. The summed E-state index contributed by atoms with van der Waals surface area (Å²) in [5.74, 6) is 0. The second-order valence-corrected chi connectivity index (χ2v) is 6.74. The molecule has 0 saturated heterocycles. The molecule has 0 heterocycles. The summed E-state index contributed by atoms with van der Waals surface area (Å²) in [5, 5.41) is 0. The minimum Gasteiger partial charge on any atom is -0.166 e. The number of rotatable bonds is 0. The third-order valence-electron chi connectivity index (χ3n) is 1.83. The Morgan fingerprint density at radius 2 is 0.889 bits per heavy atom. The van der Waals surface area contributed by atoms with Crippen LogP contribution < -0.4 is 0 Å². The summed E-state index contributed by atoms with van der Waals surface area (Å²) >= 11 is 7.66. The largest absolute Gasteiger partial charge is 0.418 e. The topological polar surface area (TPSA) is 0 Å². The molecule has 10 heteroatoms. The summed E-state index contributed by atoms with van der Waals surface area (Å²) in [6.45, 7) is 0. The van der Waals surface area contributed by atoms with Crippen molar-refractivity contribution in [1.29, 1.82) is 0 Å². The highest BCUT2D eigenvalue weighted by Gasteiger charge is 2.43. The second kappa shape index (κ2) is 5.54. The highest BCUT2D eigenvalue weighted by molar-refractivity contribution is 14.1. The van der Waals surface area contributed by atoms with Crippen LogP contribution in [0.5, 0.6) is 0 Å². The molecule has 0 aromatic heterocycles. The Labute approximate surface area is 141 Å². The van der Waals surface area contributed by atoms with Crippen LogP contribution in [0.2, 0.25) is 0 Å². The van der Waals surface area contributed by atoms with Crippen LogP contribution in [-0.2, 0) is 12.4 Å². The van der Waals surface area contributed by atoms with Gasteiger partial charge >= 0.3 is 12.4 Å². The maximum Gasteiger partial charge on any atom is 0.418 e. The monoisotopic (exact) mass is 622 g/mol. The minimum absolute atomic E-state index is 0.528. The number of alkyl halides is 6. The van der Waals surface area contributed by atoms with Gasteiger partial charge in [0.1, 0.15) is 0 Å². The van der Waals surface area contributed by atoms with Crippen molar-refractivity contribution in [1.82, 2.24) is 0 Å². The van der Waals surface area contributed by atoms with Crippen molar-refractivity contribution < 1.29 is 26.3 Å². The van der Waals surface area contributed by atoms with E-state index in [1.165, 1.54) is 45.2 Å². The Bertz CT molecular complexity index is 420. The highest BCUT2D eigenvalue weighted by Crippen LogP contribution is 2.48. The van der Waals surface area contributed by atoms with Gasteiger partial charge in [0, 0.05) is 16.1 Å². The molecule has 1 aromatic carbocycles. The highest BCUT2D eigenvalue weighted by atomic mass is 127. The van der Waals surface area contributed by atoms with Gasteiger partial charge in [-0.1, -0.05) is 0 Å². The van der Waals surface area contributed by atoms with E-state index in [2.05, 4.69) is 31.9 Å². The van der Waals surface area contributed by atoms with Gasteiger partial charge in [-0.15, -0.1) is 0 Å². The number of benzene rings is 1. The molecule has 1 aromatic rings. The number of hydrogen-bond acceptors (Lipinski definition) is 0. The van der Waals surface area contributed by atoms with E-state index >= 15 is 0 Å². The van der Waals surface area contributed by atoms with Gasteiger partial charge in [-0.3, -0.25) is 0 Å². The molecule has 0 fully saturated rings. The standard InChI is InChI=1S/C8Br2F6I2/c9-3-1(7(11,12)13)5(17)4(10)2(6(3)18)8(14,15)16. The van der Waals surface area contributed by atoms with Gasteiger partial charge in [0.05, 0.1) is 11.1 Å². The summed E-state index contributed by atoms with van der Waals surface area (Å²) in [6, 6.07) is 0. The summed E-state index contributed by atoms with van der Waals surface area (Å²) in [7, 11) is 0. The van der Waals surface area contributed by atoms with Crippen LogP contribution in [0.15, 0.2) is 8.95 Å². The molecule has 0 aliphatic carbocycles. The van der Waals surface area contributed by atoms with Crippen LogP contribution in [0.25, 0.3) is 0 Å².